The summed E-state index contributed by atoms with van der Waals surface area (Å²) >= 11 is 0. The summed E-state index contributed by atoms with van der Waals surface area (Å²) < 4.78 is 4.89. The maximum atomic E-state index is 10.8. The molecule has 0 fully saturated rings. The van der Waals surface area contributed by atoms with E-state index >= 15 is 0 Å². The molecule has 4 nitrogen and oxygen atoms in total. The summed E-state index contributed by atoms with van der Waals surface area (Å²) in [6.07, 6.45) is -0.128. The van der Waals surface area contributed by atoms with Gasteiger partial charge in [0, 0.05) is 0 Å². The van der Waals surface area contributed by atoms with Crippen LogP contribution >= 0.6 is 0 Å². The zero-order chi connectivity index (χ0) is 12.6. The van der Waals surface area contributed by atoms with Gasteiger partial charge in [-0.3, -0.25) is 9.59 Å². The zero-order valence-electron chi connectivity index (χ0n) is 10.9. The van der Waals surface area contributed by atoms with Gasteiger partial charge in [0.1, 0.15) is 17.8 Å². The van der Waals surface area contributed by atoms with E-state index in [-0.39, 0.29) is 12.2 Å². The molecule has 0 radical (unpaired) electrons. The fraction of sp³-hybridized carbons (Fsp3) is 0.818. The molecule has 0 bridgehead atoms. The van der Waals surface area contributed by atoms with Crippen molar-refractivity contribution in [3.05, 3.63) is 0 Å². The van der Waals surface area contributed by atoms with E-state index in [4.69, 9.17) is 4.74 Å². The second-order valence-electron chi connectivity index (χ2n) is 4.81. The Hall–Kier alpha value is -0.900. The SMILES string of the molecule is CC(=O)CC(=O)OC(C)(C)C.CN(C)C. The van der Waals surface area contributed by atoms with Crippen LogP contribution in [-0.4, -0.2) is 43.4 Å². The van der Waals surface area contributed by atoms with E-state index in [2.05, 4.69) is 0 Å². The molecule has 0 aliphatic carbocycles. The highest BCUT2D eigenvalue weighted by Gasteiger charge is 2.16. The number of Topliss-reactive ketones (excluding diaryl/α,β-unsaturated/α-hetero) is 1. The van der Waals surface area contributed by atoms with Crippen molar-refractivity contribution in [3.8, 4) is 0 Å². The third-order valence-electron chi connectivity index (χ3n) is 0.813. The van der Waals surface area contributed by atoms with Crippen molar-refractivity contribution in [1.29, 1.82) is 0 Å². The minimum atomic E-state index is -0.494. The molecule has 0 aliphatic heterocycles. The van der Waals surface area contributed by atoms with Crippen molar-refractivity contribution >= 4 is 11.8 Å². The molecule has 90 valence electrons. The zero-order valence-corrected chi connectivity index (χ0v) is 10.9. The van der Waals surface area contributed by atoms with Gasteiger partial charge < -0.3 is 9.64 Å². The highest BCUT2D eigenvalue weighted by molar-refractivity contribution is 5.94. The van der Waals surface area contributed by atoms with Gasteiger partial charge >= 0.3 is 5.97 Å². The number of rotatable bonds is 2. The summed E-state index contributed by atoms with van der Waals surface area (Å²) in [5.74, 6) is -0.621. The number of ketones is 1. The first-order valence-electron chi connectivity index (χ1n) is 4.87. The fourth-order valence-corrected chi connectivity index (χ4v) is 0.581. The molecular weight excluding hydrogens is 194 g/mol. The lowest BCUT2D eigenvalue weighted by molar-refractivity contribution is -0.155. The number of carbonyl (C=O) groups excluding carboxylic acids is 2. The van der Waals surface area contributed by atoms with Crippen molar-refractivity contribution in [3.63, 3.8) is 0 Å². The summed E-state index contributed by atoms with van der Waals surface area (Å²) in [6, 6.07) is 0. The number of ether oxygens (including phenoxy) is 1. The van der Waals surface area contributed by atoms with E-state index in [0.29, 0.717) is 0 Å². The van der Waals surface area contributed by atoms with Crippen LogP contribution in [-0.2, 0) is 14.3 Å². The predicted octanol–water partition coefficient (Wildman–Crippen LogP) is 1.49. The topological polar surface area (TPSA) is 46.6 Å². The quantitative estimate of drug-likeness (QED) is 0.519. The number of nitrogens with zero attached hydrogens (tertiary/aromatic N) is 1. The van der Waals surface area contributed by atoms with Crippen molar-refractivity contribution < 1.29 is 14.3 Å². The van der Waals surface area contributed by atoms with Crippen LogP contribution in [0.25, 0.3) is 0 Å². The molecule has 15 heavy (non-hydrogen) atoms. The Labute approximate surface area is 92.6 Å². The third kappa shape index (κ3) is 24.6. The molecule has 0 amide bonds. The third-order valence-corrected chi connectivity index (χ3v) is 0.813. The first kappa shape index (κ1) is 16.5. The number of esters is 1. The molecular formula is C11H23NO3. The van der Waals surface area contributed by atoms with E-state index in [9.17, 15) is 9.59 Å². The van der Waals surface area contributed by atoms with Crippen LogP contribution in [0.1, 0.15) is 34.1 Å². The van der Waals surface area contributed by atoms with Gasteiger partial charge in [-0.15, -0.1) is 0 Å². The van der Waals surface area contributed by atoms with Gasteiger partial charge in [0.05, 0.1) is 0 Å². The maximum absolute atomic E-state index is 10.8. The van der Waals surface area contributed by atoms with Crippen LogP contribution in [0, 0.1) is 0 Å². The van der Waals surface area contributed by atoms with Crippen LogP contribution in [0.3, 0.4) is 0 Å². The summed E-state index contributed by atoms with van der Waals surface area (Å²) in [5.41, 5.74) is -0.494. The van der Waals surface area contributed by atoms with Crippen LogP contribution in [0.4, 0.5) is 0 Å². The molecule has 0 aromatic heterocycles. The Balaban J connectivity index is 0. The minimum absolute atomic E-state index is 0.128. The van der Waals surface area contributed by atoms with Crippen LogP contribution < -0.4 is 0 Å². The number of carbonyl (C=O) groups is 2. The van der Waals surface area contributed by atoms with Gasteiger partial charge in [0.2, 0.25) is 0 Å². The average molecular weight is 217 g/mol. The fourth-order valence-electron chi connectivity index (χ4n) is 0.581. The molecule has 0 saturated heterocycles. The van der Waals surface area contributed by atoms with Gasteiger partial charge in [0.25, 0.3) is 0 Å². The van der Waals surface area contributed by atoms with Gasteiger partial charge in [-0.25, -0.2) is 0 Å². The highest BCUT2D eigenvalue weighted by Crippen LogP contribution is 2.07. The molecule has 0 aromatic rings. The summed E-state index contributed by atoms with van der Waals surface area (Å²) in [7, 11) is 6.00. The van der Waals surface area contributed by atoms with Crippen LogP contribution in [0.5, 0.6) is 0 Å². The lowest BCUT2D eigenvalue weighted by atomic mass is 10.2. The summed E-state index contributed by atoms with van der Waals surface area (Å²) in [4.78, 5) is 23.3. The van der Waals surface area contributed by atoms with Crippen molar-refractivity contribution in [2.24, 2.45) is 0 Å². The molecule has 0 aliphatic rings. The second-order valence-corrected chi connectivity index (χ2v) is 4.81. The molecule has 0 atom stereocenters. The smallest absolute Gasteiger partial charge is 0.313 e. The maximum Gasteiger partial charge on any atom is 0.313 e. The summed E-state index contributed by atoms with van der Waals surface area (Å²) in [5, 5.41) is 0. The first-order chi connectivity index (χ1) is 6.54. The Morgan fingerprint density at radius 1 is 1.13 bits per heavy atom. The molecule has 0 saturated carbocycles. The second kappa shape index (κ2) is 7.40. The van der Waals surface area contributed by atoms with Crippen molar-refractivity contribution in [2.75, 3.05) is 21.1 Å². The van der Waals surface area contributed by atoms with E-state index < -0.39 is 11.6 Å². The van der Waals surface area contributed by atoms with Gasteiger partial charge in [0.15, 0.2) is 0 Å². The Bertz CT molecular complexity index is 202. The van der Waals surface area contributed by atoms with E-state index in [0.717, 1.165) is 0 Å². The van der Waals surface area contributed by atoms with E-state index in [1.807, 2.05) is 26.0 Å². The molecule has 0 heterocycles. The van der Waals surface area contributed by atoms with Gasteiger partial charge in [-0.05, 0) is 48.8 Å². The normalized spacial score (nSPS) is 10.4. The average Bonchev–Trinajstić information content (AvgIpc) is 1.76. The Morgan fingerprint density at radius 2 is 1.47 bits per heavy atom. The van der Waals surface area contributed by atoms with Crippen molar-refractivity contribution in [1.82, 2.24) is 4.90 Å². The molecule has 0 unspecified atom stereocenters. The molecule has 0 aromatic carbocycles. The predicted molar refractivity (Wildman–Crippen MR) is 60.8 cm³/mol. The lowest BCUT2D eigenvalue weighted by Gasteiger charge is -2.18. The molecule has 0 N–H and O–H groups in total. The van der Waals surface area contributed by atoms with Crippen molar-refractivity contribution in [2.45, 2.75) is 39.7 Å². The van der Waals surface area contributed by atoms with Crippen LogP contribution in [0.15, 0.2) is 0 Å². The Kier molecular flexibility index (Phi) is 8.15. The standard InChI is InChI=1S/C8H14O3.C3H9N/c1-6(9)5-7(10)11-8(2,3)4;1-4(2)3/h5H2,1-4H3;1-3H3. The van der Waals surface area contributed by atoms with Crippen LogP contribution in [0.2, 0.25) is 0 Å². The van der Waals surface area contributed by atoms with E-state index in [1.165, 1.54) is 6.92 Å². The minimum Gasteiger partial charge on any atom is -0.460 e. The Morgan fingerprint density at radius 3 is 1.67 bits per heavy atom. The summed E-state index contributed by atoms with van der Waals surface area (Å²) in [6.45, 7) is 6.67. The molecule has 0 spiro atoms. The lowest BCUT2D eigenvalue weighted by Crippen LogP contribution is -2.24. The first-order valence-corrected chi connectivity index (χ1v) is 4.87. The largest absolute Gasteiger partial charge is 0.460 e. The van der Waals surface area contributed by atoms with Gasteiger partial charge in [-0.1, -0.05) is 0 Å². The number of hydrogen-bond donors (Lipinski definition) is 0. The molecule has 4 heteroatoms. The molecule has 0 rings (SSSR count). The van der Waals surface area contributed by atoms with E-state index in [1.54, 1.807) is 20.8 Å². The monoisotopic (exact) mass is 217 g/mol. The van der Waals surface area contributed by atoms with Gasteiger partial charge in [-0.2, -0.15) is 0 Å². The number of hydrogen-bond acceptors (Lipinski definition) is 4. The highest BCUT2D eigenvalue weighted by atomic mass is 16.6.